The number of ketones is 1. The number of rotatable bonds is 9. The highest BCUT2D eigenvalue weighted by molar-refractivity contribution is 7.87. The van der Waals surface area contributed by atoms with Crippen LogP contribution in [0.5, 0.6) is 5.75 Å². The first-order valence-corrected chi connectivity index (χ1v) is 11.9. The molecule has 0 radical (unpaired) electrons. The van der Waals surface area contributed by atoms with Gasteiger partial charge in [-0.15, -0.1) is 0 Å². The minimum atomic E-state index is -3.76. The number of benzene rings is 2. The number of Topliss-reactive ketones (excluding diaryl/α,β-unsaturated/α-hetero) is 1. The van der Waals surface area contributed by atoms with Crippen LogP contribution < -0.4 is 14.6 Å². The molecule has 1 aliphatic rings. The van der Waals surface area contributed by atoms with Gasteiger partial charge in [-0.1, -0.05) is 35.9 Å². The van der Waals surface area contributed by atoms with Gasteiger partial charge in [-0.05, 0) is 41.3 Å². The summed E-state index contributed by atoms with van der Waals surface area (Å²) in [6.07, 6.45) is -4.90. The monoisotopic (exact) mass is 500 g/mol. The number of hydrogen-bond acceptors (Lipinski definition) is 8. The van der Waals surface area contributed by atoms with E-state index in [-0.39, 0.29) is 13.2 Å². The molecule has 1 saturated heterocycles. The summed E-state index contributed by atoms with van der Waals surface area (Å²) in [7, 11) is -2.45. The van der Waals surface area contributed by atoms with Crippen LogP contribution in [0.1, 0.15) is 22.8 Å². The van der Waals surface area contributed by atoms with Crippen molar-refractivity contribution >= 4 is 27.6 Å². The van der Waals surface area contributed by atoms with Gasteiger partial charge >= 0.3 is 0 Å². The van der Waals surface area contributed by atoms with Crippen molar-refractivity contribution in [1.29, 1.82) is 0 Å². The molecule has 0 spiro atoms. The zero-order valence-corrected chi connectivity index (χ0v) is 19.3. The molecular formula is C21H25ClN2O8S. The average molecular weight is 501 g/mol. The lowest BCUT2D eigenvalue weighted by atomic mass is 9.93. The lowest BCUT2D eigenvalue weighted by Crippen LogP contribution is -2.52. The van der Waals surface area contributed by atoms with Crippen LogP contribution in [-0.2, 0) is 30.9 Å². The van der Waals surface area contributed by atoms with Crippen molar-refractivity contribution < 1.29 is 37.6 Å². The van der Waals surface area contributed by atoms with E-state index in [0.717, 1.165) is 11.1 Å². The van der Waals surface area contributed by atoms with Gasteiger partial charge in [-0.2, -0.15) is 13.1 Å². The molecule has 1 fully saturated rings. The van der Waals surface area contributed by atoms with Gasteiger partial charge in [-0.25, -0.2) is 5.14 Å². The summed E-state index contributed by atoms with van der Waals surface area (Å²) in [4.78, 5) is 12.5. The van der Waals surface area contributed by atoms with Crippen LogP contribution >= 0.6 is 11.6 Å². The SMILES string of the molecule is CO[C@H]1O[C@@H](c2ccc(Cl)c(Cc3ccc(OCCNS(N)(=O)=O)cc3)c2)C(=O)[C@@H](O)[C@@H]1O. The second-order valence-electron chi connectivity index (χ2n) is 7.42. The predicted molar refractivity (Wildman–Crippen MR) is 119 cm³/mol. The highest BCUT2D eigenvalue weighted by atomic mass is 35.5. The van der Waals surface area contributed by atoms with Crippen molar-refractivity contribution in [3.8, 4) is 5.75 Å². The first kappa shape index (κ1) is 25.5. The van der Waals surface area contributed by atoms with Gasteiger partial charge in [0.2, 0.25) is 0 Å². The Balaban J connectivity index is 1.68. The molecule has 3 rings (SSSR count). The van der Waals surface area contributed by atoms with Crippen molar-refractivity contribution in [1.82, 2.24) is 4.72 Å². The maximum Gasteiger partial charge on any atom is 0.274 e. The van der Waals surface area contributed by atoms with Crippen LogP contribution in [0.25, 0.3) is 0 Å². The van der Waals surface area contributed by atoms with Crippen LogP contribution in [-0.4, -0.2) is 63.2 Å². The number of methoxy groups -OCH3 is 1. The number of carbonyl (C=O) groups is 1. The van der Waals surface area contributed by atoms with Crippen LogP contribution in [0.15, 0.2) is 42.5 Å². The maximum absolute atomic E-state index is 12.5. The van der Waals surface area contributed by atoms with Crippen molar-refractivity contribution in [2.24, 2.45) is 5.14 Å². The Morgan fingerprint density at radius 3 is 2.52 bits per heavy atom. The molecule has 0 amide bonds. The third-order valence-electron chi connectivity index (χ3n) is 5.02. The molecule has 0 unspecified atom stereocenters. The number of nitrogens with two attached hydrogens (primary N) is 1. The van der Waals surface area contributed by atoms with E-state index in [4.69, 9.17) is 31.0 Å². The lowest BCUT2D eigenvalue weighted by molar-refractivity contribution is -0.246. The Hall–Kier alpha value is -2.09. The maximum atomic E-state index is 12.5. The van der Waals surface area contributed by atoms with Crippen LogP contribution in [0, 0.1) is 0 Å². The molecule has 0 aliphatic carbocycles. The summed E-state index contributed by atoms with van der Waals surface area (Å²) >= 11 is 6.35. The summed E-state index contributed by atoms with van der Waals surface area (Å²) in [5.41, 5.74) is 2.12. The zero-order chi connectivity index (χ0) is 24.2. The second kappa shape index (κ2) is 10.9. The van der Waals surface area contributed by atoms with E-state index in [1.165, 1.54) is 7.11 Å². The molecule has 12 heteroatoms. The van der Waals surface area contributed by atoms with Crippen LogP contribution in [0.4, 0.5) is 0 Å². The number of aliphatic hydroxyl groups is 2. The van der Waals surface area contributed by atoms with Gasteiger partial charge in [0.15, 0.2) is 12.1 Å². The molecule has 2 aromatic rings. The van der Waals surface area contributed by atoms with Crippen LogP contribution in [0.2, 0.25) is 5.02 Å². The lowest BCUT2D eigenvalue weighted by Gasteiger charge is -2.35. The van der Waals surface area contributed by atoms with E-state index in [0.29, 0.717) is 22.8 Å². The summed E-state index contributed by atoms with van der Waals surface area (Å²) < 4.78 is 39.8. The van der Waals surface area contributed by atoms with Gasteiger partial charge < -0.3 is 24.4 Å². The second-order valence-corrected chi connectivity index (χ2v) is 9.20. The normalized spacial score (nSPS) is 23.5. The number of hydrogen-bond donors (Lipinski definition) is 4. The molecule has 5 N–H and O–H groups in total. The van der Waals surface area contributed by atoms with E-state index in [9.17, 15) is 23.4 Å². The molecule has 1 aliphatic heterocycles. The van der Waals surface area contributed by atoms with Crippen molar-refractivity contribution in [3.05, 3.63) is 64.2 Å². The quantitative estimate of drug-likeness (QED) is 0.361. The molecule has 0 aromatic heterocycles. The van der Waals surface area contributed by atoms with Gasteiger partial charge in [0.25, 0.3) is 10.2 Å². The van der Waals surface area contributed by atoms with Crippen molar-refractivity contribution in [2.75, 3.05) is 20.3 Å². The smallest absolute Gasteiger partial charge is 0.274 e. The molecule has 10 nitrogen and oxygen atoms in total. The van der Waals surface area contributed by atoms with Crippen molar-refractivity contribution in [2.45, 2.75) is 31.0 Å². The Kier molecular flexibility index (Phi) is 8.43. The number of halogens is 1. The van der Waals surface area contributed by atoms with E-state index in [1.807, 2.05) is 12.1 Å². The Labute approximate surface area is 196 Å². The highest BCUT2D eigenvalue weighted by Gasteiger charge is 2.44. The number of nitrogens with one attached hydrogen (secondary N) is 1. The topological polar surface area (TPSA) is 157 Å². The van der Waals surface area contributed by atoms with Gasteiger partial charge in [0, 0.05) is 18.7 Å². The van der Waals surface area contributed by atoms with Gasteiger partial charge in [-0.3, -0.25) is 4.79 Å². The minimum absolute atomic E-state index is 0.0423. The highest BCUT2D eigenvalue weighted by Crippen LogP contribution is 2.32. The van der Waals surface area contributed by atoms with E-state index < -0.39 is 40.6 Å². The predicted octanol–water partition coefficient (Wildman–Crippen LogP) is 0.437. The van der Waals surface area contributed by atoms with Gasteiger partial charge in [0.05, 0.1) is 0 Å². The zero-order valence-electron chi connectivity index (χ0n) is 17.7. The number of carbonyl (C=O) groups excluding carboxylic acids is 1. The number of ether oxygens (including phenoxy) is 3. The molecule has 2 aromatic carbocycles. The molecule has 33 heavy (non-hydrogen) atoms. The van der Waals surface area contributed by atoms with Gasteiger partial charge in [0.1, 0.15) is 30.7 Å². The fraction of sp³-hybridized carbons (Fsp3) is 0.381. The Bertz CT molecular complexity index is 1080. The van der Waals surface area contributed by atoms with E-state index in [1.54, 1.807) is 30.3 Å². The van der Waals surface area contributed by atoms with E-state index >= 15 is 0 Å². The van der Waals surface area contributed by atoms with E-state index in [2.05, 4.69) is 4.72 Å². The van der Waals surface area contributed by atoms with Crippen LogP contribution in [0.3, 0.4) is 0 Å². The summed E-state index contributed by atoms with van der Waals surface area (Å²) in [5, 5.41) is 25.3. The molecule has 180 valence electrons. The number of aliphatic hydroxyl groups excluding tert-OH is 2. The Morgan fingerprint density at radius 2 is 1.88 bits per heavy atom. The fourth-order valence-corrected chi connectivity index (χ4v) is 3.91. The summed E-state index contributed by atoms with van der Waals surface area (Å²) in [5.74, 6) is -0.114. The minimum Gasteiger partial charge on any atom is -0.492 e. The third-order valence-corrected chi connectivity index (χ3v) is 5.99. The van der Waals surface area contributed by atoms with Crippen molar-refractivity contribution in [3.63, 3.8) is 0 Å². The average Bonchev–Trinajstić information content (AvgIpc) is 2.77. The Morgan fingerprint density at radius 1 is 1.18 bits per heavy atom. The first-order valence-electron chi connectivity index (χ1n) is 9.94. The fourth-order valence-electron chi connectivity index (χ4n) is 3.36. The first-order chi connectivity index (χ1) is 15.6. The summed E-state index contributed by atoms with van der Waals surface area (Å²) in [6, 6.07) is 12.1. The molecule has 4 atom stereocenters. The molecule has 0 bridgehead atoms. The summed E-state index contributed by atoms with van der Waals surface area (Å²) in [6.45, 7) is 0.155. The largest absolute Gasteiger partial charge is 0.492 e. The molecular weight excluding hydrogens is 476 g/mol. The standard InChI is InChI=1S/C21H25ClN2O8S/c1-30-21-19(27)17(25)18(26)20(32-21)13-4-7-16(22)14(11-13)10-12-2-5-15(6-3-12)31-9-8-24-33(23,28)29/h2-7,11,17,19-21,24-25,27H,8-10H2,1H3,(H2,23,28,29)/t17-,19+,20+,21+/m1/s1. The molecule has 1 heterocycles. The third kappa shape index (κ3) is 6.71. The molecule has 0 saturated carbocycles.